The van der Waals surface area contributed by atoms with Gasteiger partial charge in [0.2, 0.25) is 0 Å². The van der Waals surface area contributed by atoms with Crippen LogP contribution in [0.3, 0.4) is 0 Å². The average Bonchev–Trinajstić information content (AvgIpc) is 3.40. The normalized spacial score (nSPS) is 25.3. The molecule has 0 aliphatic carbocycles. The second kappa shape index (κ2) is 11.5. The minimum Gasteiger partial charge on any atom is -0.465 e. The van der Waals surface area contributed by atoms with E-state index in [2.05, 4.69) is 25.4 Å². The molecule has 1 aliphatic heterocycles. The predicted molar refractivity (Wildman–Crippen MR) is 139 cm³/mol. The van der Waals surface area contributed by atoms with Crippen molar-refractivity contribution in [3.05, 3.63) is 42.5 Å². The number of carbonyl (C=O) groups is 1. The average molecular weight is 567 g/mol. The zero-order valence-corrected chi connectivity index (χ0v) is 23.1. The summed E-state index contributed by atoms with van der Waals surface area (Å²) in [5.74, 6) is 0.409. The van der Waals surface area contributed by atoms with Crippen LogP contribution in [-0.4, -0.2) is 74.8 Å². The van der Waals surface area contributed by atoms with E-state index in [0.717, 1.165) is 0 Å². The number of nitrogens with one attached hydrogen (secondary N) is 2. The van der Waals surface area contributed by atoms with E-state index in [1.165, 1.54) is 24.7 Å². The summed E-state index contributed by atoms with van der Waals surface area (Å²) in [6, 6.07) is 7.11. The van der Waals surface area contributed by atoms with Crippen LogP contribution in [0.15, 0.2) is 36.7 Å². The number of alkyl halides is 1. The topological polar surface area (TPSA) is 159 Å². The lowest BCUT2D eigenvalue weighted by atomic mass is 9.98. The lowest BCUT2D eigenvalue weighted by Crippen LogP contribution is -2.41. The quantitative estimate of drug-likeness (QED) is 0.230. The van der Waals surface area contributed by atoms with Crippen LogP contribution in [0.5, 0.6) is 5.75 Å². The van der Waals surface area contributed by atoms with E-state index in [1.54, 1.807) is 51.2 Å². The molecular formula is C24H32FN6O7P. The van der Waals surface area contributed by atoms with E-state index in [0.29, 0.717) is 22.8 Å². The molecule has 1 saturated heterocycles. The molecule has 4 rings (SSSR count). The first-order valence-corrected chi connectivity index (χ1v) is 13.9. The highest BCUT2D eigenvalue weighted by molar-refractivity contribution is 7.52. The molecule has 0 amide bonds. The summed E-state index contributed by atoms with van der Waals surface area (Å²) in [5.41, 5.74) is -1.61. The maximum Gasteiger partial charge on any atom is 0.459 e. The summed E-state index contributed by atoms with van der Waals surface area (Å²) in [6.45, 7) is 5.53. The van der Waals surface area contributed by atoms with Crippen LogP contribution in [0.1, 0.15) is 32.8 Å². The Kier molecular flexibility index (Phi) is 8.52. The number of anilines is 1. The number of imidazole rings is 1. The monoisotopic (exact) mass is 566 g/mol. The summed E-state index contributed by atoms with van der Waals surface area (Å²) in [6.07, 6.45) is -2.93. The highest BCUT2D eigenvalue weighted by Crippen LogP contribution is 2.48. The number of aromatic nitrogens is 4. The predicted octanol–water partition coefficient (Wildman–Crippen LogP) is 2.91. The molecule has 0 radical (unpaired) electrons. The molecule has 6 atom stereocenters. The molecule has 15 heteroatoms. The lowest BCUT2D eigenvalue weighted by molar-refractivity contribution is -0.144. The first-order chi connectivity index (χ1) is 18.5. The van der Waals surface area contributed by atoms with Crippen molar-refractivity contribution < 1.29 is 37.4 Å². The van der Waals surface area contributed by atoms with Crippen LogP contribution < -0.4 is 14.9 Å². The van der Waals surface area contributed by atoms with E-state index >= 15 is 4.39 Å². The van der Waals surface area contributed by atoms with Gasteiger partial charge in [-0.25, -0.2) is 23.9 Å². The van der Waals surface area contributed by atoms with Crippen molar-refractivity contribution in [3.8, 4) is 5.75 Å². The molecule has 1 fully saturated rings. The van der Waals surface area contributed by atoms with Crippen LogP contribution in [-0.2, 0) is 23.4 Å². The van der Waals surface area contributed by atoms with Crippen molar-refractivity contribution in [2.45, 2.75) is 57.8 Å². The van der Waals surface area contributed by atoms with Crippen LogP contribution in [0.4, 0.5) is 10.2 Å². The van der Waals surface area contributed by atoms with Crippen molar-refractivity contribution in [1.29, 1.82) is 0 Å². The van der Waals surface area contributed by atoms with E-state index in [9.17, 15) is 14.5 Å². The Morgan fingerprint density at radius 3 is 2.72 bits per heavy atom. The van der Waals surface area contributed by atoms with E-state index in [1.807, 2.05) is 0 Å². The van der Waals surface area contributed by atoms with Gasteiger partial charge >= 0.3 is 13.7 Å². The minimum atomic E-state index is -4.24. The van der Waals surface area contributed by atoms with Crippen LogP contribution in [0, 0.1) is 6.92 Å². The van der Waals surface area contributed by atoms with Crippen LogP contribution in [0.25, 0.3) is 11.2 Å². The van der Waals surface area contributed by atoms with Crippen LogP contribution in [0.2, 0.25) is 0 Å². The van der Waals surface area contributed by atoms with Crippen molar-refractivity contribution in [2.75, 3.05) is 25.6 Å². The van der Waals surface area contributed by atoms with Crippen molar-refractivity contribution >= 4 is 30.7 Å². The molecule has 3 aromatic rings. The maximum absolute atomic E-state index is 15.9. The molecule has 0 spiro atoms. The zero-order chi connectivity index (χ0) is 28.4. The number of para-hydroxylation sites is 1. The van der Waals surface area contributed by atoms with Gasteiger partial charge in [0.25, 0.3) is 0 Å². The molecule has 1 aromatic carbocycles. The van der Waals surface area contributed by atoms with Crippen molar-refractivity contribution in [3.63, 3.8) is 0 Å². The Bertz CT molecular complexity index is 1360. The Balaban J connectivity index is 1.57. The number of ether oxygens (including phenoxy) is 2. The molecule has 212 valence electrons. The Morgan fingerprint density at radius 2 is 2.05 bits per heavy atom. The lowest BCUT2D eigenvalue weighted by Gasteiger charge is -2.25. The molecule has 0 saturated carbocycles. The fourth-order valence-electron chi connectivity index (χ4n) is 4.16. The van der Waals surface area contributed by atoms with Crippen molar-refractivity contribution in [2.24, 2.45) is 0 Å². The molecule has 3 heterocycles. The first-order valence-electron chi connectivity index (χ1n) is 12.3. The largest absolute Gasteiger partial charge is 0.465 e. The van der Waals surface area contributed by atoms with E-state index in [4.69, 9.17) is 18.5 Å². The number of nitrogens with zero attached hydrogens (tertiary/aromatic N) is 4. The third-order valence-electron chi connectivity index (χ3n) is 6.11. The van der Waals surface area contributed by atoms with Gasteiger partial charge in [-0.3, -0.25) is 13.9 Å². The van der Waals surface area contributed by atoms with Gasteiger partial charge in [0.05, 0.1) is 19.5 Å². The SMILES string of the molecule is CCOC(=O)[C@H](C)NP(=O)(OC[C@H]1O[C@@H](n2cnc3c(NC)nc(C)nc32)[C@](C)(F)[C@@H]1O)Oc1ccccc1. The third kappa shape index (κ3) is 6.04. The molecular weight excluding hydrogens is 534 g/mol. The summed E-state index contributed by atoms with van der Waals surface area (Å²) in [7, 11) is -2.57. The molecule has 39 heavy (non-hydrogen) atoms. The maximum atomic E-state index is 15.9. The van der Waals surface area contributed by atoms with Crippen molar-refractivity contribution in [1.82, 2.24) is 24.6 Å². The third-order valence-corrected chi connectivity index (χ3v) is 7.75. The second-order valence-electron chi connectivity index (χ2n) is 9.12. The summed E-state index contributed by atoms with van der Waals surface area (Å²) in [4.78, 5) is 25.1. The summed E-state index contributed by atoms with van der Waals surface area (Å²) in [5, 5.41) is 16.3. The number of carbonyl (C=O) groups excluding carboxylic acids is 1. The highest BCUT2D eigenvalue weighted by atomic mass is 31.2. The number of fused-ring (bicyclic) bond motifs is 1. The van der Waals surface area contributed by atoms with Gasteiger partial charge in [-0.15, -0.1) is 0 Å². The van der Waals surface area contributed by atoms with Gasteiger partial charge in [0.15, 0.2) is 28.9 Å². The molecule has 3 N–H and O–H groups in total. The summed E-state index contributed by atoms with van der Waals surface area (Å²) >= 11 is 0. The second-order valence-corrected chi connectivity index (χ2v) is 10.8. The molecule has 1 unspecified atom stereocenters. The number of rotatable bonds is 11. The van der Waals surface area contributed by atoms with Gasteiger partial charge in [0.1, 0.15) is 29.8 Å². The number of esters is 1. The minimum absolute atomic E-state index is 0.122. The molecule has 2 aromatic heterocycles. The number of aryl methyl sites for hydroxylation is 1. The number of hydrogen-bond acceptors (Lipinski definition) is 11. The standard InChI is InChI=1S/C24H32FN6O7P/c1-6-35-22(33)14(2)30-39(34,38-16-10-8-7-9-11-16)36-12-17-19(32)24(4,25)23(37-17)31-13-27-18-20(26-5)28-15(3)29-21(18)31/h7-11,13-14,17,19,23,32H,6,12H2,1-5H3,(H,30,34)(H,26,28,29)/t14-,17+,19+,23+,24+,39?/m0/s1. The fraction of sp³-hybridized carbons (Fsp3) is 0.500. The van der Waals surface area contributed by atoms with Gasteiger partial charge in [-0.2, -0.15) is 5.09 Å². The molecule has 13 nitrogen and oxygen atoms in total. The number of benzene rings is 1. The Labute approximate surface area is 224 Å². The first kappa shape index (κ1) is 28.8. The number of halogens is 1. The zero-order valence-electron chi connectivity index (χ0n) is 22.2. The van der Waals surface area contributed by atoms with Gasteiger partial charge in [-0.1, -0.05) is 18.2 Å². The van der Waals surface area contributed by atoms with E-state index in [-0.39, 0.29) is 12.4 Å². The van der Waals surface area contributed by atoms with Gasteiger partial charge in [-0.05, 0) is 39.8 Å². The Morgan fingerprint density at radius 1 is 1.33 bits per heavy atom. The number of aliphatic hydroxyl groups is 1. The number of aliphatic hydroxyl groups excluding tert-OH is 1. The van der Waals surface area contributed by atoms with Gasteiger partial charge < -0.3 is 24.4 Å². The molecule has 0 bridgehead atoms. The summed E-state index contributed by atoms with van der Waals surface area (Å²) < 4.78 is 53.0. The van der Waals surface area contributed by atoms with Crippen LogP contribution >= 0.6 is 7.75 Å². The smallest absolute Gasteiger partial charge is 0.459 e. The molecule has 1 aliphatic rings. The Hall–Kier alpha value is -3.16. The van der Waals surface area contributed by atoms with E-state index < -0.39 is 50.5 Å². The highest BCUT2D eigenvalue weighted by Gasteiger charge is 2.56. The fourth-order valence-corrected chi connectivity index (χ4v) is 5.66. The number of hydrogen-bond donors (Lipinski definition) is 3. The van der Waals surface area contributed by atoms with Gasteiger partial charge in [0, 0.05) is 7.05 Å².